The van der Waals surface area contributed by atoms with Crippen molar-refractivity contribution in [3.63, 3.8) is 0 Å². The predicted octanol–water partition coefficient (Wildman–Crippen LogP) is 1.08. The van der Waals surface area contributed by atoms with Crippen LogP contribution in [0.1, 0.15) is 33.1 Å². The van der Waals surface area contributed by atoms with Crippen molar-refractivity contribution in [1.82, 2.24) is 10.2 Å². The molecule has 17 heavy (non-hydrogen) atoms. The Morgan fingerprint density at radius 2 is 2.00 bits per heavy atom. The molecule has 3 nitrogen and oxygen atoms in total. The monoisotopic (exact) mass is 238 g/mol. The van der Waals surface area contributed by atoms with E-state index in [1.807, 2.05) is 0 Å². The lowest BCUT2D eigenvalue weighted by Gasteiger charge is -2.44. The van der Waals surface area contributed by atoms with Crippen molar-refractivity contribution in [2.45, 2.75) is 45.3 Å². The van der Waals surface area contributed by atoms with E-state index in [4.69, 9.17) is 0 Å². The van der Waals surface area contributed by atoms with Crippen LogP contribution in [0.5, 0.6) is 0 Å². The minimum Gasteiger partial charge on any atom is -0.393 e. The zero-order valence-corrected chi connectivity index (χ0v) is 11.2. The van der Waals surface area contributed by atoms with Crippen molar-refractivity contribution in [2.75, 3.05) is 26.2 Å². The normalized spacial score (nSPS) is 46.1. The Hall–Kier alpha value is -0.120. The van der Waals surface area contributed by atoms with Gasteiger partial charge in [-0.25, -0.2) is 0 Å². The summed E-state index contributed by atoms with van der Waals surface area (Å²) >= 11 is 0. The molecular weight excluding hydrogens is 212 g/mol. The van der Waals surface area contributed by atoms with Crippen molar-refractivity contribution in [1.29, 1.82) is 0 Å². The maximum absolute atomic E-state index is 10.0. The van der Waals surface area contributed by atoms with E-state index in [2.05, 4.69) is 24.1 Å². The molecule has 0 amide bonds. The fourth-order valence-corrected chi connectivity index (χ4v) is 4.36. The molecule has 3 fully saturated rings. The largest absolute Gasteiger partial charge is 0.393 e. The van der Waals surface area contributed by atoms with Crippen molar-refractivity contribution >= 4 is 0 Å². The molecule has 98 valence electrons. The summed E-state index contributed by atoms with van der Waals surface area (Å²) in [5.41, 5.74) is 0.377. The highest BCUT2D eigenvalue weighted by atomic mass is 16.3. The van der Waals surface area contributed by atoms with E-state index < -0.39 is 0 Å². The van der Waals surface area contributed by atoms with Gasteiger partial charge in [0.05, 0.1) is 6.10 Å². The smallest absolute Gasteiger partial charge is 0.0583 e. The molecule has 2 heterocycles. The van der Waals surface area contributed by atoms with Gasteiger partial charge in [0.15, 0.2) is 0 Å². The maximum atomic E-state index is 10.0. The Balaban J connectivity index is 1.70. The number of nitrogens with zero attached hydrogens (tertiary/aromatic N) is 1. The number of likely N-dealkylation sites (tertiary alicyclic amines) is 1. The van der Waals surface area contributed by atoms with Gasteiger partial charge >= 0.3 is 0 Å². The van der Waals surface area contributed by atoms with Crippen LogP contribution in [-0.4, -0.2) is 48.3 Å². The third-order valence-corrected chi connectivity index (χ3v) is 5.37. The highest BCUT2D eigenvalue weighted by Gasteiger charge is 2.46. The summed E-state index contributed by atoms with van der Waals surface area (Å²) in [5.74, 6) is 1.34. The van der Waals surface area contributed by atoms with E-state index in [1.54, 1.807) is 0 Å². The van der Waals surface area contributed by atoms with Gasteiger partial charge < -0.3 is 10.4 Å². The van der Waals surface area contributed by atoms with Crippen LogP contribution in [0.2, 0.25) is 0 Å². The summed E-state index contributed by atoms with van der Waals surface area (Å²) in [7, 11) is 0. The number of nitrogens with one attached hydrogen (secondary N) is 1. The Morgan fingerprint density at radius 1 is 1.18 bits per heavy atom. The number of aliphatic hydroxyl groups excluding tert-OH is 1. The molecule has 0 aromatic rings. The molecular formula is C14H26N2O. The van der Waals surface area contributed by atoms with Crippen LogP contribution in [0.3, 0.4) is 0 Å². The van der Waals surface area contributed by atoms with E-state index in [0.29, 0.717) is 17.4 Å². The highest BCUT2D eigenvalue weighted by molar-refractivity contribution is 5.00. The number of hydrogen-bond donors (Lipinski definition) is 2. The Morgan fingerprint density at radius 3 is 2.71 bits per heavy atom. The lowest BCUT2D eigenvalue weighted by molar-refractivity contribution is 0.0600. The van der Waals surface area contributed by atoms with Gasteiger partial charge in [0.2, 0.25) is 0 Å². The molecule has 4 unspecified atom stereocenters. The first-order chi connectivity index (χ1) is 8.08. The number of piperidine rings is 1. The predicted molar refractivity (Wildman–Crippen MR) is 68.8 cm³/mol. The van der Waals surface area contributed by atoms with Gasteiger partial charge in [-0.2, -0.15) is 0 Å². The summed E-state index contributed by atoms with van der Waals surface area (Å²) in [5, 5.41) is 13.5. The summed E-state index contributed by atoms with van der Waals surface area (Å²) in [6.07, 6.45) is 3.53. The topological polar surface area (TPSA) is 35.5 Å². The first-order valence-corrected chi connectivity index (χ1v) is 7.21. The number of aliphatic hydroxyl groups is 1. The molecule has 2 aliphatic heterocycles. The van der Waals surface area contributed by atoms with E-state index in [9.17, 15) is 5.11 Å². The van der Waals surface area contributed by atoms with Crippen LogP contribution >= 0.6 is 0 Å². The molecule has 2 saturated heterocycles. The summed E-state index contributed by atoms with van der Waals surface area (Å²) < 4.78 is 0. The molecule has 4 atom stereocenters. The average molecular weight is 238 g/mol. The summed E-state index contributed by atoms with van der Waals surface area (Å²) in [4.78, 5) is 2.68. The van der Waals surface area contributed by atoms with Crippen molar-refractivity contribution in [2.24, 2.45) is 17.3 Å². The molecule has 3 heteroatoms. The van der Waals surface area contributed by atoms with Crippen LogP contribution in [-0.2, 0) is 0 Å². The molecule has 0 spiro atoms. The Kier molecular flexibility index (Phi) is 2.96. The lowest BCUT2D eigenvalue weighted by atomic mass is 9.79. The van der Waals surface area contributed by atoms with Crippen LogP contribution < -0.4 is 5.32 Å². The quantitative estimate of drug-likeness (QED) is 0.717. The molecule has 0 aromatic carbocycles. The molecule has 0 radical (unpaired) electrons. The SMILES string of the molecule is CC1(C)CNCCC1N1CC2CCC(O)C2C1. The van der Waals surface area contributed by atoms with Gasteiger partial charge in [-0.1, -0.05) is 13.8 Å². The van der Waals surface area contributed by atoms with Crippen molar-refractivity contribution in [3.8, 4) is 0 Å². The van der Waals surface area contributed by atoms with Gasteiger partial charge in [-0.05, 0) is 37.1 Å². The van der Waals surface area contributed by atoms with Gasteiger partial charge in [-0.15, -0.1) is 0 Å². The van der Waals surface area contributed by atoms with Crippen LogP contribution in [0, 0.1) is 17.3 Å². The van der Waals surface area contributed by atoms with Crippen LogP contribution in [0.4, 0.5) is 0 Å². The first-order valence-electron chi connectivity index (χ1n) is 7.21. The average Bonchev–Trinajstić information content (AvgIpc) is 2.81. The van der Waals surface area contributed by atoms with Gasteiger partial charge in [0.25, 0.3) is 0 Å². The summed E-state index contributed by atoms with van der Waals surface area (Å²) in [6, 6.07) is 0.710. The summed E-state index contributed by atoms with van der Waals surface area (Å²) in [6.45, 7) is 9.42. The molecule has 1 saturated carbocycles. The van der Waals surface area contributed by atoms with Gasteiger partial charge in [-0.3, -0.25) is 4.90 Å². The zero-order chi connectivity index (χ0) is 12.0. The molecule has 3 aliphatic rings. The molecule has 3 rings (SSSR count). The standard InChI is InChI=1S/C14H26N2O/c1-14(2)9-15-6-5-13(14)16-7-10-3-4-12(17)11(10)8-16/h10-13,15,17H,3-9H2,1-2H3. The Labute approximate surface area is 105 Å². The number of rotatable bonds is 1. The first kappa shape index (κ1) is 11.9. The molecule has 0 bridgehead atoms. The van der Waals surface area contributed by atoms with Crippen LogP contribution in [0.15, 0.2) is 0 Å². The Bertz CT molecular complexity index is 292. The fraction of sp³-hybridized carbons (Fsp3) is 1.00. The third-order valence-electron chi connectivity index (χ3n) is 5.37. The second kappa shape index (κ2) is 4.22. The number of hydrogen-bond acceptors (Lipinski definition) is 3. The second-order valence-electron chi connectivity index (χ2n) is 6.99. The third kappa shape index (κ3) is 2.02. The number of fused-ring (bicyclic) bond motifs is 1. The van der Waals surface area contributed by atoms with Gasteiger partial charge in [0, 0.05) is 31.6 Å². The lowest BCUT2D eigenvalue weighted by Crippen LogP contribution is -2.54. The van der Waals surface area contributed by atoms with Crippen molar-refractivity contribution < 1.29 is 5.11 Å². The minimum atomic E-state index is -0.0187. The van der Waals surface area contributed by atoms with Crippen molar-refractivity contribution in [3.05, 3.63) is 0 Å². The second-order valence-corrected chi connectivity index (χ2v) is 6.99. The van der Waals surface area contributed by atoms with Crippen LogP contribution in [0.25, 0.3) is 0 Å². The molecule has 2 N–H and O–H groups in total. The van der Waals surface area contributed by atoms with E-state index >= 15 is 0 Å². The van der Waals surface area contributed by atoms with E-state index in [0.717, 1.165) is 32.0 Å². The molecule has 1 aliphatic carbocycles. The maximum Gasteiger partial charge on any atom is 0.0583 e. The molecule has 0 aromatic heterocycles. The zero-order valence-electron chi connectivity index (χ0n) is 11.2. The van der Waals surface area contributed by atoms with Gasteiger partial charge in [0.1, 0.15) is 0 Å². The van der Waals surface area contributed by atoms with E-state index in [1.165, 1.54) is 19.4 Å². The van der Waals surface area contributed by atoms with E-state index in [-0.39, 0.29) is 6.10 Å². The minimum absolute atomic E-state index is 0.0187. The highest BCUT2D eigenvalue weighted by Crippen LogP contribution is 2.42. The fourth-order valence-electron chi connectivity index (χ4n) is 4.36.